The zero-order valence-electron chi connectivity index (χ0n) is 14.2. The fourth-order valence-corrected chi connectivity index (χ4v) is 4.73. The number of hydrogen-bond donors (Lipinski definition) is 1. The van der Waals surface area contributed by atoms with Crippen LogP contribution in [0.4, 0.5) is 5.13 Å². The monoisotopic (exact) mass is 410 g/mol. The summed E-state index contributed by atoms with van der Waals surface area (Å²) in [5, 5.41) is 12.1. The Hall–Kier alpha value is -1.88. The first-order chi connectivity index (χ1) is 12.4. The summed E-state index contributed by atoms with van der Waals surface area (Å²) in [4.78, 5) is 0.290. The first kappa shape index (κ1) is 18.9. The summed E-state index contributed by atoms with van der Waals surface area (Å²) < 4.78 is 31.7. The Labute approximate surface area is 160 Å². The van der Waals surface area contributed by atoms with Crippen molar-refractivity contribution >= 4 is 38.3 Å². The van der Waals surface area contributed by atoms with Gasteiger partial charge in [-0.15, -0.1) is 10.2 Å². The Morgan fingerprint density at radius 3 is 2.81 bits per heavy atom. The normalized spacial score (nSPS) is 11.8. The third-order valence-electron chi connectivity index (χ3n) is 3.44. The summed E-state index contributed by atoms with van der Waals surface area (Å²) in [5.74, 6) is 1.44. The van der Waals surface area contributed by atoms with Crippen LogP contribution in [0.3, 0.4) is 0 Å². The molecule has 2 heterocycles. The van der Waals surface area contributed by atoms with Crippen LogP contribution in [0.2, 0.25) is 0 Å². The third-order valence-corrected chi connectivity index (χ3v) is 7.34. The molecule has 0 saturated carbocycles. The van der Waals surface area contributed by atoms with Gasteiger partial charge in [0.05, 0.1) is 17.7 Å². The van der Waals surface area contributed by atoms with Crippen molar-refractivity contribution in [2.45, 2.75) is 21.5 Å². The van der Waals surface area contributed by atoms with Crippen LogP contribution < -0.4 is 5.32 Å². The summed E-state index contributed by atoms with van der Waals surface area (Å²) in [6.07, 6.45) is 1.63. The van der Waals surface area contributed by atoms with E-state index < -0.39 is 10.0 Å². The fourth-order valence-electron chi connectivity index (χ4n) is 2.07. The SMILES string of the molecule is CN(C)S(=O)(=O)c1cccc(CSc2nnc(NCc3ccco3)s2)c1. The van der Waals surface area contributed by atoms with E-state index in [9.17, 15) is 8.42 Å². The van der Waals surface area contributed by atoms with Gasteiger partial charge >= 0.3 is 0 Å². The molecule has 0 atom stereocenters. The van der Waals surface area contributed by atoms with E-state index in [4.69, 9.17) is 4.42 Å². The highest BCUT2D eigenvalue weighted by atomic mass is 32.2. The highest BCUT2D eigenvalue weighted by Gasteiger charge is 2.17. The highest BCUT2D eigenvalue weighted by molar-refractivity contribution is 8.00. The molecule has 0 saturated heterocycles. The van der Waals surface area contributed by atoms with E-state index in [0.717, 1.165) is 15.7 Å². The molecule has 0 spiro atoms. The number of sulfonamides is 1. The van der Waals surface area contributed by atoms with Crippen molar-refractivity contribution in [3.8, 4) is 0 Å². The third kappa shape index (κ3) is 4.64. The summed E-state index contributed by atoms with van der Waals surface area (Å²) in [5.41, 5.74) is 0.915. The van der Waals surface area contributed by atoms with Gasteiger partial charge in [0, 0.05) is 19.8 Å². The lowest BCUT2D eigenvalue weighted by Gasteiger charge is -2.12. The Kier molecular flexibility index (Phi) is 5.97. The Morgan fingerprint density at radius 1 is 1.23 bits per heavy atom. The summed E-state index contributed by atoms with van der Waals surface area (Å²) in [7, 11) is -0.381. The van der Waals surface area contributed by atoms with Crippen LogP contribution in [-0.4, -0.2) is 37.0 Å². The van der Waals surface area contributed by atoms with Crippen LogP contribution in [0.25, 0.3) is 0 Å². The number of benzene rings is 1. The van der Waals surface area contributed by atoms with Crippen molar-refractivity contribution in [3.05, 3.63) is 54.0 Å². The standard InChI is InChI=1S/C16H18N4O3S3/c1-20(2)26(21,22)14-7-3-5-12(9-14)11-24-16-19-18-15(25-16)17-10-13-6-4-8-23-13/h3-9H,10-11H2,1-2H3,(H,17,18). The lowest BCUT2D eigenvalue weighted by Crippen LogP contribution is -2.22. The quantitative estimate of drug-likeness (QED) is 0.570. The van der Waals surface area contributed by atoms with Gasteiger partial charge in [-0.3, -0.25) is 0 Å². The number of rotatable bonds is 8. The van der Waals surface area contributed by atoms with Crippen LogP contribution in [0, 0.1) is 0 Å². The Balaban J connectivity index is 1.59. The predicted molar refractivity (Wildman–Crippen MR) is 103 cm³/mol. The van der Waals surface area contributed by atoms with Crippen molar-refractivity contribution < 1.29 is 12.8 Å². The molecule has 7 nitrogen and oxygen atoms in total. The zero-order chi connectivity index (χ0) is 18.6. The molecule has 3 rings (SSSR count). The molecular weight excluding hydrogens is 392 g/mol. The number of anilines is 1. The Bertz CT molecular complexity index is 953. The van der Waals surface area contributed by atoms with E-state index in [1.165, 1.54) is 41.5 Å². The van der Waals surface area contributed by atoms with Gasteiger partial charge in [0.15, 0.2) is 4.34 Å². The minimum Gasteiger partial charge on any atom is -0.467 e. The molecule has 1 N–H and O–H groups in total. The van der Waals surface area contributed by atoms with Crippen LogP contribution in [0.15, 0.2) is 56.3 Å². The number of aromatic nitrogens is 2. The van der Waals surface area contributed by atoms with Gasteiger partial charge in [-0.1, -0.05) is 35.2 Å². The maximum Gasteiger partial charge on any atom is 0.242 e. The van der Waals surface area contributed by atoms with Crippen molar-refractivity contribution in [2.75, 3.05) is 19.4 Å². The van der Waals surface area contributed by atoms with Crippen LogP contribution in [0.1, 0.15) is 11.3 Å². The molecule has 0 unspecified atom stereocenters. The second-order valence-electron chi connectivity index (χ2n) is 5.53. The average molecular weight is 411 g/mol. The van der Waals surface area contributed by atoms with Crippen molar-refractivity contribution in [2.24, 2.45) is 0 Å². The van der Waals surface area contributed by atoms with Crippen molar-refractivity contribution in [1.29, 1.82) is 0 Å². The maximum absolute atomic E-state index is 12.2. The summed E-state index contributed by atoms with van der Waals surface area (Å²) in [6.45, 7) is 0.552. The molecule has 26 heavy (non-hydrogen) atoms. The molecule has 0 aliphatic rings. The van der Waals surface area contributed by atoms with Crippen LogP contribution in [-0.2, 0) is 22.3 Å². The maximum atomic E-state index is 12.2. The Morgan fingerprint density at radius 2 is 2.08 bits per heavy atom. The first-order valence-electron chi connectivity index (χ1n) is 7.69. The van der Waals surface area contributed by atoms with E-state index in [1.54, 1.807) is 24.5 Å². The van der Waals surface area contributed by atoms with Gasteiger partial charge in [-0.25, -0.2) is 12.7 Å². The molecule has 1 aromatic carbocycles. The lowest BCUT2D eigenvalue weighted by atomic mass is 10.2. The number of nitrogens with one attached hydrogen (secondary N) is 1. The van der Waals surface area contributed by atoms with Gasteiger partial charge < -0.3 is 9.73 Å². The molecule has 0 bridgehead atoms. The molecule has 138 valence electrons. The molecule has 3 aromatic rings. The van der Waals surface area contributed by atoms with E-state index in [0.29, 0.717) is 22.3 Å². The van der Waals surface area contributed by atoms with E-state index in [2.05, 4.69) is 15.5 Å². The lowest BCUT2D eigenvalue weighted by molar-refractivity contribution is 0.518. The topological polar surface area (TPSA) is 88.3 Å². The first-order valence-corrected chi connectivity index (χ1v) is 10.9. The average Bonchev–Trinajstić information content (AvgIpc) is 3.30. The fraction of sp³-hybridized carbons (Fsp3) is 0.250. The van der Waals surface area contributed by atoms with Gasteiger partial charge in [-0.2, -0.15) is 0 Å². The number of furan rings is 1. The van der Waals surface area contributed by atoms with Gasteiger partial charge in [0.1, 0.15) is 5.76 Å². The molecule has 0 aliphatic carbocycles. The second-order valence-corrected chi connectivity index (χ2v) is 9.88. The largest absolute Gasteiger partial charge is 0.467 e. The predicted octanol–water partition coefficient (Wildman–Crippen LogP) is 3.29. The smallest absolute Gasteiger partial charge is 0.242 e. The molecule has 2 aromatic heterocycles. The number of nitrogens with zero attached hydrogens (tertiary/aromatic N) is 3. The molecule has 0 radical (unpaired) electrons. The van der Waals surface area contributed by atoms with Crippen LogP contribution in [0.5, 0.6) is 0 Å². The van der Waals surface area contributed by atoms with Gasteiger partial charge in [0.2, 0.25) is 15.2 Å². The number of thioether (sulfide) groups is 1. The minimum absolute atomic E-state index is 0.290. The van der Waals surface area contributed by atoms with Gasteiger partial charge in [-0.05, 0) is 29.8 Å². The zero-order valence-corrected chi connectivity index (χ0v) is 16.7. The second kappa shape index (κ2) is 8.21. The number of hydrogen-bond acceptors (Lipinski definition) is 8. The van der Waals surface area contributed by atoms with Crippen LogP contribution >= 0.6 is 23.1 Å². The van der Waals surface area contributed by atoms with E-state index in [1.807, 2.05) is 18.2 Å². The van der Waals surface area contributed by atoms with Gasteiger partial charge in [0.25, 0.3) is 0 Å². The summed E-state index contributed by atoms with van der Waals surface area (Å²) >= 11 is 2.97. The molecule has 10 heteroatoms. The van der Waals surface area contributed by atoms with Crippen molar-refractivity contribution in [1.82, 2.24) is 14.5 Å². The van der Waals surface area contributed by atoms with E-state index in [-0.39, 0.29) is 0 Å². The molecule has 0 fully saturated rings. The summed E-state index contributed by atoms with van der Waals surface area (Å²) in [6, 6.07) is 10.7. The molecule has 0 amide bonds. The van der Waals surface area contributed by atoms with Crippen molar-refractivity contribution in [3.63, 3.8) is 0 Å². The molecule has 0 aliphatic heterocycles. The minimum atomic E-state index is -3.43. The molecular formula is C16H18N4O3S3. The highest BCUT2D eigenvalue weighted by Crippen LogP contribution is 2.29. The van der Waals surface area contributed by atoms with E-state index >= 15 is 0 Å².